The van der Waals surface area contributed by atoms with Crippen LogP contribution in [-0.2, 0) is 11.0 Å². The van der Waals surface area contributed by atoms with E-state index in [1.165, 1.54) is 13.1 Å². The second-order valence-electron chi connectivity index (χ2n) is 8.97. The van der Waals surface area contributed by atoms with Gasteiger partial charge in [-0.2, -0.15) is 13.2 Å². The fourth-order valence-corrected chi connectivity index (χ4v) is 4.81. The highest BCUT2D eigenvalue weighted by molar-refractivity contribution is 6.00. The number of nitrogens with zero attached hydrogens (tertiary/aromatic N) is 6. The normalized spacial score (nSPS) is 16.1. The molecule has 5 rings (SSSR count). The molecule has 0 radical (unpaired) electrons. The molecule has 0 spiro atoms. The van der Waals surface area contributed by atoms with Crippen LogP contribution < -0.4 is 5.73 Å². The molecule has 1 aliphatic heterocycles. The summed E-state index contributed by atoms with van der Waals surface area (Å²) in [6, 6.07) is 4.28. The van der Waals surface area contributed by atoms with E-state index >= 15 is 0 Å². The van der Waals surface area contributed by atoms with E-state index in [9.17, 15) is 23.1 Å². The number of pyridine rings is 3. The zero-order chi connectivity index (χ0) is 25.8. The molecule has 1 fully saturated rings. The number of aliphatic hydroxyl groups is 1. The number of aryl methyl sites for hydroxylation is 1. The van der Waals surface area contributed by atoms with E-state index in [0.29, 0.717) is 48.2 Å². The Bertz CT molecular complexity index is 1470. The van der Waals surface area contributed by atoms with Crippen molar-refractivity contribution in [2.45, 2.75) is 45.0 Å². The van der Waals surface area contributed by atoms with Crippen LogP contribution in [0.4, 0.5) is 19.0 Å². The molecule has 12 heteroatoms. The van der Waals surface area contributed by atoms with E-state index in [-0.39, 0.29) is 17.5 Å². The zero-order valence-corrected chi connectivity index (χ0v) is 19.6. The number of fused-ring (bicyclic) bond motifs is 3. The molecule has 3 N–H and O–H groups in total. The predicted octanol–water partition coefficient (Wildman–Crippen LogP) is 3.50. The third-order valence-corrected chi connectivity index (χ3v) is 6.56. The molecule has 0 unspecified atom stereocenters. The molecule has 4 aromatic heterocycles. The largest absolute Gasteiger partial charge is 0.419 e. The third-order valence-electron chi connectivity index (χ3n) is 6.56. The third kappa shape index (κ3) is 4.11. The Morgan fingerprint density at radius 1 is 1.14 bits per heavy atom. The van der Waals surface area contributed by atoms with Crippen molar-refractivity contribution in [1.82, 2.24) is 29.4 Å². The molecule has 0 aromatic carbocycles. The summed E-state index contributed by atoms with van der Waals surface area (Å²) in [6.07, 6.45) is -1.45. The molecule has 9 nitrogen and oxygen atoms in total. The Morgan fingerprint density at radius 3 is 2.53 bits per heavy atom. The van der Waals surface area contributed by atoms with Crippen molar-refractivity contribution >= 4 is 33.8 Å². The van der Waals surface area contributed by atoms with Crippen molar-refractivity contribution in [3.8, 4) is 11.3 Å². The molecule has 0 bridgehead atoms. The minimum atomic E-state index is -4.64. The Hall–Kier alpha value is -3.80. The number of likely N-dealkylation sites (tertiary alicyclic amines) is 1. The van der Waals surface area contributed by atoms with E-state index in [0.717, 1.165) is 17.4 Å². The van der Waals surface area contributed by atoms with Gasteiger partial charge >= 0.3 is 6.18 Å². The first-order chi connectivity index (χ1) is 17.0. The number of amides is 1. The smallest absolute Gasteiger partial charge is 0.384 e. The first-order valence-corrected chi connectivity index (χ1v) is 11.5. The number of nitrogens with two attached hydrogens (primary N) is 1. The van der Waals surface area contributed by atoms with Crippen LogP contribution in [0.25, 0.3) is 33.3 Å². The van der Waals surface area contributed by atoms with Crippen molar-refractivity contribution in [2.75, 3.05) is 18.8 Å². The summed E-state index contributed by atoms with van der Waals surface area (Å²) in [5, 5.41) is 9.63. The predicted molar refractivity (Wildman–Crippen MR) is 127 cm³/mol. The summed E-state index contributed by atoms with van der Waals surface area (Å²) in [5.74, 6) is -0.137. The van der Waals surface area contributed by atoms with Gasteiger partial charge in [-0.15, -0.1) is 0 Å². The molecular weight excluding hydrogens is 475 g/mol. The van der Waals surface area contributed by atoms with Gasteiger partial charge in [0.1, 0.15) is 28.8 Å². The van der Waals surface area contributed by atoms with Gasteiger partial charge in [0, 0.05) is 30.9 Å². The first-order valence-electron chi connectivity index (χ1n) is 11.5. The van der Waals surface area contributed by atoms with E-state index in [2.05, 4.69) is 19.5 Å². The number of halogens is 3. The minimum absolute atomic E-state index is 0.0270. The van der Waals surface area contributed by atoms with Crippen molar-refractivity contribution in [2.24, 2.45) is 0 Å². The fraction of sp³-hybridized carbons (Fsp3) is 0.375. The summed E-state index contributed by atoms with van der Waals surface area (Å²) in [6.45, 7) is 4.32. The van der Waals surface area contributed by atoms with Gasteiger partial charge in [-0.3, -0.25) is 9.78 Å². The fourth-order valence-electron chi connectivity index (χ4n) is 4.81. The second kappa shape index (κ2) is 8.70. The Labute approximate surface area is 203 Å². The number of piperidine rings is 1. The molecule has 1 atom stereocenters. The van der Waals surface area contributed by atoms with Gasteiger partial charge < -0.3 is 20.3 Å². The van der Waals surface area contributed by atoms with Crippen LogP contribution in [0.2, 0.25) is 0 Å². The first kappa shape index (κ1) is 23.9. The maximum absolute atomic E-state index is 13.4. The van der Waals surface area contributed by atoms with Crippen molar-refractivity contribution < 1.29 is 23.1 Å². The van der Waals surface area contributed by atoms with Crippen LogP contribution in [0, 0.1) is 6.92 Å². The lowest BCUT2D eigenvalue weighted by Gasteiger charge is -2.34. The van der Waals surface area contributed by atoms with E-state index < -0.39 is 23.7 Å². The number of hydrogen-bond donors (Lipinski definition) is 2. The minimum Gasteiger partial charge on any atom is -0.384 e. The lowest BCUT2D eigenvalue weighted by Crippen LogP contribution is -2.43. The van der Waals surface area contributed by atoms with Gasteiger partial charge in [-0.25, -0.2) is 15.0 Å². The topological polar surface area (TPSA) is 123 Å². The Kier molecular flexibility index (Phi) is 5.78. The highest BCUT2D eigenvalue weighted by atomic mass is 19.4. The number of aliphatic hydroxyl groups excluding tert-OH is 1. The van der Waals surface area contributed by atoms with Gasteiger partial charge in [0.15, 0.2) is 0 Å². The van der Waals surface area contributed by atoms with E-state index in [4.69, 9.17) is 10.7 Å². The summed E-state index contributed by atoms with van der Waals surface area (Å²) in [4.78, 5) is 31.3. The molecule has 1 saturated heterocycles. The quantitative estimate of drug-likeness (QED) is 0.442. The Balaban J connectivity index is 1.59. The van der Waals surface area contributed by atoms with Crippen molar-refractivity contribution in [1.29, 1.82) is 0 Å². The van der Waals surface area contributed by atoms with E-state index in [1.807, 2.05) is 6.92 Å². The van der Waals surface area contributed by atoms with Crippen LogP contribution in [0.3, 0.4) is 0 Å². The number of aromatic nitrogens is 5. The highest BCUT2D eigenvalue weighted by Crippen LogP contribution is 2.36. The molecule has 4 aromatic rings. The van der Waals surface area contributed by atoms with Crippen LogP contribution in [0.15, 0.2) is 30.6 Å². The van der Waals surface area contributed by atoms with Crippen LogP contribution in [0.1, 0.15) is 37.2 Å². The molecule has 5 heterocycles. The van der Waals surface area contributed by atoms with Gasteiger partial charge in [-0.05, 0) is 44.9 Å². The number of rotatable bonds is 3. The standard InChI is InChI=1S/C24H24F3N7O2/c1-12(35)23(36)33-7-5-15(6-8-33)34-13(2)31-19-11-29-18-4-3-17(32-20(18)21(19)34)14-9-16(24(25,26)27)22(28)30-10-14/h3-4,9-12,15,35H,5-8H2,1-2H3,(H2,28,30)/t12-/m0/s1. The number of alkyl halides is 3. The molecular formula is C24H24F3N7O2. The Morgan fingerprint density at radius 2 is 1.86 bits per heavy atom. The maximum atomic E-state index is 13.4. The molecule has 0 aliphatic carbocycles. The monoisotopic (exact) mass is 499 g/mol. The summed E-state index contributed by atoms with van der Waals surface area (Å²) in [7, 11) is 0. The van der Waals surface area contributed by atoms with Gasteiger partial charge in [0.25, 0.3) is 5.91 Å². The molecule has 188 valence electrons. The van der Waals surface area contributed by atoms with Gasteiger partial charge in [0.05, 0.1) is 28.5 Å². The number of anilines is 1. The zero-order valence-electron chi connectivity index (χ0n) is 19.6. The lowest BCUT2D eigenvalue weighted by molar-refractivity contribution is -0.140. The molecule has 1 amide bonds. The number of hydrogen-bond acceptors (Lipinski definition) is 7. The summed E-state index contributed by atoms with van der Waals surface area (Å²) < 4.78 is 42.2. The number of carbonyl (C=O) groups excluding carboxylic acids is 1. The molecule has 0 saturated carbocycles. The van der Waals surface area contributed by atoms with Crippen LogP contribution in [0.5, 0.6) is 0 Å². The number of nitrogen functional groups attached to an aromatic ring is 1. The van der Waals surface area contributed by atoms with Gasteiger partial charge in [0.2, 0.25) is 0 Å². The summed E-state index contributed by atoms with van der Waals surface area (Å²) in [5.41, 5.74) is 7.38. The average Bonchev–Trinajstić information content (AvgIpc) is 3.19. The second-order valence-corrected chi connectivity index (χ2v) is 8.97. The number of carbonyl (C=O) groups is 1. The highest BCUT2D eigenvalue weighted by Gasteiger charge is 2.34. The van der Waals surface area contributed by atoms with Crippen molar-refractivity contribution in [3.05, 3.63) is 42.0 Å². The summed E-state index contributed by atoms with van der Waals surface area (Å²) >= 11 is 0. The molecule has 1 aliphatic rings. The molecule has 36 heavy (non-hydrogen) atoms. The maximum Gasteiger partial charge on any atom is 0.419 e. The van der Waals surface area contributed by atoms with Crippen LogP contribution >= 0.6 is 0 Å². The van der Waals surface area contributed by atoms with Gasteiger partial charge in [-0.1, -0.05) is 0 Å². The number of imidazole rings is 1. The lowest BCUT2D eigenvalue weighted by atomic mass is 10.0. The average molecular weight is 499 g/mol. The van der Waals surface area contributed by atoms with E-state index in [1.54, 1.807) is 23.2 Å². The van der Waals surface area contributed by atoms with Crippen molar-refractivity contribution in [3.63, 3.8) is 0 Å². The van der Waals surface area contributed by atoms with Crippen LogP contribution in [-0.4, -0.2) is 59.6 Å². The SMILES string of the molecule is Cc1nc2cnc3ccc(-c4cnc(N)c(C(F)(F)F)c4)nc3c2n1C1CCN(C(=O)[C@H](C)O)CC1.